The average Bonchev–Trinajstić information content (AvgIpc) is 2.03. The van der Waals surface area contributed by atoms with Crippen LogP contribution in [0.15, 0.2) is 11.3 Å². The molecule has 0 saturated carbocycles. The molecule has 0 aromatic heterocycles. The normalized spacial score (nSPS) is 14.5. The first kappa shape index (κ1) is 12.0. The molecular weight excluding hydrogens is 194 g/mol. The van der Waals surface area contributed by atoms with Crippen molar-refractivity contribution in [2.75, 3.05) is 7.11 Å². The van der Waals surface area contributed by atoms with E-state index in [-0.39, 0.29) is 11.3 Å². The van der Waals surface area contributed by atoms with Crippen LogP contribution in [0.1, 0.15) is 13.8 Å². The Bertz CT molecular complexity index is 254. The molecule has 0 aliphatic carbocycles. The van der Waals surface area contributed by atoms with Gasteiger partial charge in [0.15, 0.2) is 5.78 Å². The molecule has 0 radical (unpaired) electrons. The van der Waals surface area contributed by atoms with Gasteiger partial charge in [-0.1, -0.05) is 0 Å². The molecule has 1 atom stereocenters. The summed E-state index contributed by atoms with van der Waals surface area (Å²) in [6.07, 6.45) is 0. The van der Waals surface area contributed by atoms with Crippen LogP contribution in [0.2, 0.25) is 0 Å². The molecule has 13 heavy (non-hydrogen) atoms. The summed E-state index contributed by atoms with van der Waals surface area (Å²) < 4.78 is 4.39. The van der Waals surface area contributed by atoms with Gasteiger partial charge in [-0.15, -0.1) is 11.6 Å². The molecule has 0 amide bonds. The van der Waals surface area contributed by atoms with Crippen molar-refractivity contribution in [3.63, 3.8) is 0 Å². The molecule has 0 spiro atoms. The smallest absolute Gasteiger partial charge is 0.343 e. The van der Waals surface area contributed by atoms with E-state index in [1.54, 1.807) is 0 Å². The van der Waals surface area contributed by atoms with Gasteiger partial charge in [0.2, 0.25) is 0 Å². The van der Waals surface area contributed by atoms with E-state index in [0.29, 0.717) is 0 Å². The maximum Gasteiger partial charge on any atom is 0.343 e. The van der Waals surface area contributed by atoms with Gasteiger partial charge in [0.05, 0.1) is 12.5 Å². The number of halogens is 1. The highest BCUT2D eigenvalue weighted by Gasteiger charge is 2.24. The summed E-state index contributed by atoms with van der Waals surface area (Å²) in [5, 5.41) is -0.785. The van der Waals surface area contributed by atoms with Crippen LogP contribution in [-0.2, 0) is 14.3 Å². The quantitative estimate of drug-likeness (QED) is 0.241. The van der Waals surface area contributed by atoms with E-state index in [1.807, 2.05) is 0 Å². The zero-order chi connectivity index (χ0) is 10.6. The molecule has 0 rings (SSSR count). The van der Waals surface area contributed by atoms with Crippen molar-refractivity contribution in [1.29, 1.82) is 0 Å². The van der Waals surface area contributed by atoms with Crippen LogP contribution in [0, 0.1) is 0 Å². The highest BCUT2D eigenvalue weighted by Crippen LogP contribution is 2.09. The van der Waals surface area contributed by atoms with Crippen molar-refractivity contribution in [1.82, 2.24) is 0 Å². The lowest BCUT2D eigenvalue weighted by Gasteiger charge is -2.07. The van der Waals surface area contributed by atoms with Gasteiger partial charge in [-0.3, -0.25) is 4.79 Å². The molecule has 5 heteroatoms. The van der Waals surface area contributed by atoms with Crippen LogP contribution < -0.4 is 5.73 Å². The van der Waals surface area contributed by atoms with Gasteiger partial charge < -0.3 is 10.5 Å². The summed E-state index contributed by atoms with van der Waals surface area (Å²) in [5.41, 5.74) is 5.29. The minimum absolute atomic E-state index is 0.115. The van der Waals surface area contributed by atoms with Crippen molar-refractivity contribution in [2.24, 2.45) is 5.73 Å². The number of Topliss-reactive ketones (excluding diaryl/α,β-unsaturated/α-hetero) is 1. The number of rotatable bonds is 3. The molecule has 0 aliphatic rings. The molecular formula is C8H12ClNO3. The molecule has 0 aliphatic heterocycles. The maximum absolute atomic E-state index is 11.3. The third-order valence-electron chi connectivity index (χ3n) is 1.39. The number of ether oxygens (including phenoxy) is 1. The lowest BCUT2D eigenvalue weighted by molar-refractivity contribution is -0.137. The summed E-state index contributed by atoms with van der Waals surface area (Å²) in [6.45, 7) is 2.92. The summed E-state index contributed by atoms with van der Waals surface area (Å²) in [5.74, 6) is -1.27. The third kappa shape index (κ3) is 3.06. The molecule has 0 bridgehead atoms. The Morgan fingerprint density at radius 2 is 1.92 bits per heavy atom. The fourth-order valence-electron chi connectivity index (χ4n) is 0.757. The number of hydrogen-bond donors (Lipinski definition) is 1. The van der Waals surface area contributed by atoms with Crippen LogP contribution in [0.4, 0.5) is 0 Å². The molecule has 0 heterocycles. The van der Waals surface area contributed by atoms with E-state index in [4.69, 9.17) is 17.3 Å². The Labute approximate surface area is 81.7 Å². The number of ketones is 1. The summed E-state index contributed by atoms with van der Waals surface area (Å²) in [6, 6.07) is 0. The van der Waals surface area contributed by atoms with Crippen molar-refractivity contribution in [2.45, 2.75) is 19.2 Å². The minimum Gasteiger partial charge on any atom is -0.465 e. The van der Waals surface area contributed by atoms with Gasteiger partial charge in [0.1, 0.15) is 5.57 Å². The van der Waals surface area contributed by atoms with Gasteiger partial charge in [0.25, 0.3) is 0 Å². The largest absolute Gasteiger partial charge is 0.465 e. The average molecular weight is 206 g/mol. The predicted molar refractivity (Wildman–Crippen MR) is 49.2 cm³/mol. The third-order valence-corrected chi connectivity index (χ3v) is 1.59. The maximum atomic E-state index is 11.3. The van der Waals surface area contributed by atoms with E-state index in [2.05, 4.69) is 4.74 Å². The lowest BCUT2D eigenvalue weighted by Crippen LogP contribution is -2.24. The van der Waals surface area contributed by atoms with E-state index >= 15 is 0 Å². The predicted octanol–water partition coefficient (Wildman–Crippen LogP) is 0.588. The SMILES string of the molecule is COC(=O)/C(C(=O)C(C)Cl)=C(/C)N. The van der Waals surface area contributed by atoms with E-state index in [9.17, 15) is 9.59 Å². The van der Waals surface area contributed by atoms with E-state index in [0.717, 1.165) is 0 Å². The van der Waals surface area contributed by atoms with E-state index < -0.39 is 17.1 Å². The van der Waals surface area contributed by atoms with Crippen LogP contribution in [0.5, 0.6) is 0 Å². The Morgan fingerprint density at radius 1 is 1.46 bits per heavy atom. The van der Waals surface area contributed by atoms with Crippen LogP contribution in [0.3, 0.4) is 0 Å². The number of esters is 1. The molecule has 0 aromatic rings. The summed E-state index contributed by atoms with van der Waals surface area (Å²) >= 11 is 5.52. The first-order valence-electron chi connectivity index (χ1n) is 3.64. The second-order valence-electron chi connectivity index (χ2n) is 2.53. The Hall–Kier alpha value is -1.03. The Morgan fingerprint density at radius 3 is 2.15 bits per heavy atom. The number of carbonyl (C=O) groups excluding carboxylic acids is 2. The molecule has 2 N–H and O–H groups in total. The van der Waals surface area contributed by atoms with Crippen LogP contribution in [-0.4, -0.2) is 24.2 Å². The van der Waals surface area contributed by atoms with Gasteiger partial charge in [-0.2, -0.15) is 0 Å². The molecule has 0 aromatic carbocycles. The number of nitrogens with two attached hydrogens (primary N) is 1. The highest BCUT2D eigenvalue weighted by atomic mass is 35.5. The standard InChI is InChI=1S/C8H12ClNO3/c1-4(9)7(11)6(5(2)10)8(12)13-3/h4H,10H2,1-3H3/b6-5-. The molecule has 4 nitrogen and oxygen atoms in total. The van der Waals surface area contributed by atoms with Crippen molar-refractivity contribution in [3.05, 3.63) is 11.3 Å². The summed E-state index contributed by atoms with van der Waals surface area (Å²) in [4.78, 5) is 22.4. The van der Waals surface area contributed by atoms with Crippen molar-refractivity contribution in [3.8, 4) is 0 Å². The topological polar surface area (TPSA) is 69.4 Å². The number of carbonyl (C=O) groups is 2. The molecule has 0 saturated heterocycles. The molecule has 1 unspecified atom stereocenters. The van der Waals surface area contributed by atoms with Crippen molar-refractivity contribution < 1.29 is 14.3 Å². The lowest BCUT2D eigenvalue weighted by atomic mass is 10.1. The molecule has 74 valence electrons. The van der Waals surface area contributed by atoms with Crippen LogP contribution in [0.25, 0.3) is 0 Å². The number of methoxy groups -OCH3 is 1. The highest BCUT2D eigenvalue weighted by molar-refractivity contribution is 6.37. The fourth-order valence-corrected chi connectivity index (χ4v) is 0.866. The van der Waals surface area contributed by atoms with Gasteiger partial charge >= 0.3 is 5.97 Å². The second-order valence-corrected chi connectivity index (χ2v) is 3.18. The first-order chi connectivity index (χ1) is 5.91. The zero-order valence-corrected chi connectivity index (χ0v) is 8.51. The monoisotopic (exact) mass is 205 g/mol. The van der Waals surface area contributed by atoms with Crippen molar-refractivity contribution >= 4 is 23.4 Å². The number of hydrogen-bond acceptors (Lipinski definition) is 4. The van der Waals surface area contributed by atoms with Crippen LogP contribution >= 0.6 is 11.6 Å². The van der Waals surface area contributed by atoms with Gasteiger partial charge in [-0.05, 0) is 13.8 Å². The van der Waals surface area contributed by atoms with E-state index in [1.165, 1.54) is 21.0 Å². The Balaban J connectivity index is 4.97. The van der Waals surface area contributed by atoms with Gasteiger partial charge in [0, 0.05) is 5.70 Å². The number of allylic oxidation sites excluding steroid dienone is 1. The zero-order valence-electron chi connectivity index (χ0n) is 7.76. The minimum atomic E-state index is -0.785. The Kier molecular flexibility index (Phi) is 4.48. The number of alkyl halides is 1. The van der Waals surface area contributed by atoms with Gasteiger partial charge in [-0.25, -0.2) is 4.79 Å². The fraction of sp³-hybridized carbons (Fsp3) is 0.500. The summed E-state index contributed by atoms with van der Waals surface area (Å²) in [7, 11) is 1.18. The second kappa shape index (κ2) is 4.87. The molecule has 0 fully saturated rings. The first-order valence-corrected chi connectivity index (χ1v) is 4.08.